The number of ketones is 3. The molecule has 3 aromatic carbocycles. The zero-order valence-corrected chi connectivity index (χ0v) is 16.2. The van der Waals surface area contributed by atoms with Gasteiger partial charge < -0.3 is 5.21 Å². The van der Waals surface area contributed by atoms with E-state index in [9.17, 15) is 19.6 Å². The van der Waals surface area contributed by atoms with Crippen LogP contribution in [0.1, 0.15) is 53.6 Å². The lowest BCUT2D eigenvalue weighted by Gasteiger charge is -2.12. The first-order chi connectivity index (χ1) is 15.0. The Balaban J connectivity index is 1.47. The fourth-order valence-electron chi connectivity index (χ4n) is 3.74. The second-order valence-corrected chi connectivity index (χ2v) is 7.20. The van der Waals surface area contributed by atoms with Crippen LogP contribution in [0.5, 0.6) is 0 Å². The van der Waals surface area contributed by atoms with Gasteiger partial charge in [0.25, 0.3) is 0 Å². The van der Waals surface area contributed by atoms with E-state index in [1.165, 1.54) is 0 Å². The monoisotopic (exact) mass is 409 g/mol. The Hall–Kier alpha value is -4.39. The van der Waals surface area contributed by atoms with Crippen LogP contribution >= 0.6 is 0 Å². The van der Waals surface area contributed by atoms with E-state index in [1.807, 2.05) is 6.07 Å². The number of carbonyl (C=O) groups is 3. The van der Waals surface area contributed by atoms with Crippen molar-refractivity contribution in [3.8, 4) is 0 Å². The normalized spacial score (nSPS) is 12.4. The Morgan fingerprint density at radius 1 is 0.806 bits per heavy atom. The molecule has 1 aliphatic carbocycles. The van der Waals surface area contributed by atoms with Gasteiger partial charge >= 0.3 is 0 Å². The van der Waals surface area contributed by atoms with Crippen molar-refractivity contribution in [2.45, 2.75) is 6.54 Å². The third-order valence-corrected chi connectivity index (χ3v) is 5.31. The predicted molar refractivity (Wildman–Crippen MR) is 110 cm³/mol. The molecule has 0 radical (unpaired) electrons. The lowest BCUT2D eigenvalue weighted by atomic mass is 9.90. The zero-order valence-electron chi connectivity index (χ0n) is 16.2. The van der Waals surface area contributed by atoms with Gasteiger partial charge in [0.15, 0.2) is 11.5 Å². The minimum Gasteiger partial charge on any atom is -0.571 e. The van der Waals surface area contributed by atoms with Crippen LogP contribution in [0.2, 0.25) is 0 Å². The number of nitrogens with zero attached hydrogens (tertiary/aromatic N) is 3. The quantitative estimate of drug-likeness (QED) is 0.258. The molecule has 7 nitrogen and oxygen atoms in total. The van der Waals surface area contributed by atoms with Crippen molar-refractivity contribution in [3.63, 3.8) is 0 Å². The molecule has 0 unspecified atom stereocenters. The maximum Gasteiger partial charge on any atom is 0.220 e. The maximum absolute atomic E-state index is 13.0. The molecule has 1 heterocycles. The van der Waals surface area contributed by atoms with Gasteiger partial charge in [0.1, 0.15) is 6.54 Å². The minimum absolute atomic E-state index is 0.0249. The summed E-state index contributed by atoms with van der Waals surface area (Å²) in [7, 11) is 0. The lowest BCUT2D eigenvalue weighted by molar-refractivity contribution is -0.748. The van der Waals surface area contributed by atoms with E-state index < -0.39 is 11.6 Å². The summed E-state index contributed by atoms with van der Waals surface area (Å²) in [5.41, 5.74) is 2.11. The second kappa shape index (κ2) is 7.14. The summed E-state index contributed by atoms with van der Waals surface area (Å²) in [6.45, 7) is 0.0346. The third-order valence-electron chi connectivity index (χ3n) is 5.31. The highest BCUT2D eigenvalue weighted by Gasteiger charge is 2.39. The summed E-state index contributed by atoms with van der Waals surface area (Å²) in [5, 5.41) is 16.2. The SMILES string of the molecule is O=C(c1ccccc1)c1ccc(Cn2c3c(n[n+]2[O-])C(=O)c2ccccc2C3=O)cc1. The fraction of sp³-hybridized carbons (Fsp3) is 0.0417. The van der Waals surface area contributed by atoms with Crippen LogP contribution in [0.25, 0.3) is 0 Å². The van der Waals surface area contributed by atoms with E-state index in [1.54, 1.807) is 72.8 Å². The highest BCUT2D eigenvalue weighted by Crippen LogP contribution is 2.25. The molecule has 31 heavy (non-hydrogen) atoms. The largest absolute Gasteiger partial charge is 0.571 e. The van der Waals surface area contributed by atoms with Gasteiger partial charge in [0.05, 0.1) is 0 Å². The highest BCUT2D eigenvalue weighted by molar-refractivity contribution is 6.26. The van der Waals surface area contributed by atoms with Crippen LogP contribution in [-0.2, 0) is 6.54 Å². The zero-order chi connectivity index (χ0) is 21.5. The van der Waals surface area contributed by atoms with Crippen molar-refractivity contribution in [1.82, 2.24) is 9.78 Å². The molecular formula is C24H15N3O4. The smallest absolute Gasteiger partial charge is 0.220 e. The maximum atomic E-state index is 13.0. The Kier molecular flexibility index (Phi) is 4.29. The van der Waals surface area contributed by atoms with Gasteiger partial charge in [0.2, 0.25) is 17.3 Å². The average molecular weight is 409 g/mol. The summed E-state index contributed by atoms with van der Waals surface area (Å²) in [5.74, 6) is -0.969. The molecule has 0 spiro atoms. The summed E-state index contributed by atoms with van der Waals surface area (Å²) in [6, 6.07) is 22.1. The third kappa shape index (κ3) is 3.03. The number of hydrogen-bond donors (Lipinski definition) is 0. The van der Waals surface area contributed by atoms with E-state index in [4.69, 9.17) is 0 Å². The van der Waals surface area contributed by atoms with Crippen molar-refractivity contribution < 1.29 is 19.3 Å². The van der Waals surface area contributed by atoms with Crippen molar-refractivity contribution >= 4 is 17.3 Å². The van der Waals surface area contributed by atoms with E-state index in [0.29, 0.717) is 16.7 Å². The molecule has 0 N–H and O–H groups in total. The van der Waals surface area contributed by atoms with Gasteiger partial charge in [-0.05, 0) is 5.56 Å². The van der Waals surface area contributed by atoms with Crippen molar-refractivity contribution in [2.24, 2.45) is 0 Å². The van der Waals surface area contributed by atoms with Gasteiger partial charge in [-0.1, -0.05) is 78.9 Å². The van der Waals surface area contributed by atoms with Crippen molar-refractivity contribution in [3.05, 3.63) is 123 Å². The van der Waals surface area contributed by atoms with E-state index in [-0.39, 0.29) is 39.8 Å². The van der Waals surface area contributed by atoms with Crippen LogP contribution < -0.4 is 4.96 Å². The first-order valence-corrected chi connectivity index (χ1v) is 9.62. The summed E-state index contributed by atoms with van der Waals surface area (Å²) >= 11 is 0. The predicted octanol–water partition coefficient (Wildman–Crippen LogP) is 2.57. The van der Waals surface area contributed by atoms with Crippen molar-refractivity contribution in [2.75, 3.05) is 0 Å². The van der Waals surface area contributed by atoms with Gasteiger partial charge in [-0.3, -0.25) is 14.4 Å². The Morgan fingerprint density at radius 2 is 1.39 bits per heavy atom. The first-order valence-electron chi connectivity index (χ1n) is 9.62. The molecule has 4 aromatic rings. The summed E-state index contributed by atoms with van der Waals surface area (Å²) in [6.07, 6.45) is 0. The lowest BCUT2D eigenvalue weighted by Crippen LogP contribution is -2.41. The number of aromatic nitrogens is 3. The van der Waals surface area contributed by atoms with E-state index in [0.717, 1.165) is 4.68 Å². The second-order valence-electron chi connectivity index (χ2n) is 7.20. The standard InChI is InChI=1S/C24H15N3O4/c28-22(16-6-2-1-3-7-16)17-12-10-15(11-13-17)14-26-21-20(25-27(26)31)23(29)18-8-4-5-9-19(18)24(21)30/h1-13H,14H2. The highest BCUT2D eigenvalue weighted by atomic mass is 16.5. The number of rotatable bonds is 4. The molecular weight excluding hydrogens is 394 g/mol. The Bertz CT molecular complexity index is 1360. The van der Waals surface area contributed by atoms with Crippen LogP contribution in [-0.4, -0.2) is 27.1 Å². The van der Waals surface area contributed by atoms with Crippen LogP contribution in [0.4, 0.5) is 0 Å². The van der Waals surface area contributed by atoms with Crippen LogP contribution in [0.3, 0.4) is 0 Å². The van der Waals surface area contributed by atoms with Gasteiger partial charge in [0, 0.05) is 32.3 Å². The molecule has 150 valence electrons. The number of hydrogen-bond acceptors (Lipinski definition) is 5. The van der Waals surface area contributed by atoms with E-state index in [2.05, 4.69) is 5.10 Å². The molecule has 0 aliphatic heterocycles. The van der Waals surface area contributed by atoms with Gasteiger partial charge in [-0.2, -0.15) is 0 Å². The van der Waals surface area contributed by atoms with Crippen molar-refractivity contribution in [1.29, 1.82) is 0 Å². The molecule has 1 aliphatic rings. The molecule has 0 saturated heterocycles. The molecule has 0 bridgehead atoms. The van der Waals surface area contributed by atoms with Crippen LogP contribution in [0, 0.1) is 5.21 Å². The first kappa shape index (κ1) is 18.6. The summed E-state index contributed by atoms with van der Waals surface area (Å²) < 4.78 is 1.14. The van der Waals surface area contributed by atoms with Crippen LogP contribution in [0.15, 0.2) is 78.9 Å². The Morgan fingerprint density at radius 3 is 2.06 bits per heavy atom. The minimum atomic E-state index is -0.447. The van der Waals surface area contributed by atoms with E-state index >= 15 is 0 Å². The number of benzene rings is 3. The number of carbonyl (C=O) groups excluding carboxylic acids is 3. The van der Waals surface area contributed by atoms with Gasteiger partial charge in [-0.25, -0.2) is 0 Å². The molecule has 0 fully saturated rings. The molecule has 5 rings (SSSR count). The molecule has 0 saturated carbocycles. The fourth-order valence-corrected chi connectivity index (χ4v) is 3.74. The summed E-state index contributed by atoms with van der Waals surface area (Å²) in [4.78, 5) is 38.5. The topological polar surface area (TPSA) is 96.0 Å². The molecule has 0 atom stereocenters. The molecule has 0 amide bonds. The number of fused-ring (bicyclic) bond motifs is 2. The molecule has 1 aromatic heterocycles. The Labute approximate surface area is 176 Å². The van der Waals surface area contributed by atoms with Gasteiger partial charge in [-0.15, -0.1) is 4.68 Å². The molecule has 7 heteroatoms. The average Bonchev–Trinajstić information content (AvgIpc) is 3.14.